The molecule has 2 aromatic carbocycles. The maximum absolute atomic E-state index is 5.32. The van der Waals surface area contributed by atoms with Crippen LogP contribution in [0, 0.1) is 0 Å². The van der Waals surface area contributed by atoms with Crippen molar-refractivity contribution in [1.29, 1.82) is 0 Å². The Bertz CT molecular complexity index is 774. The first-order valence-corrected chi connectivity index (χ1v) is 9.02. The van der Waals surface area contributed by atoms with Crippen molar-refractivity contribution in [1.82, 2.24) is 14.8 Å². The van der Waals surface area contributed by atoms with Gasteiger partial charge in [0, 0.05) is 25.7 Å². The lowest BCUT2D eigenvalue weighted by atomic mass is 10.2. The molecule has 0 saturated carbocycles. The molecule has 0 radical (unpaired) electrons. The molecule has 0 aliphatic rings. The van der Waals surface area contributed by atoms with Crippen LogP contribution < -0.4 is 0 Å². The van der Waals surface area contributed by atoms with Crippen LogP contribution in [0.1, 0.15) is 11.4 Å². The highest BCUT2D eigenvalue weighted by atomic mass is 32.2. The minimum atomic E-state index is -0.348. The Hall–Kier alpha value is -2.15. The van der Waals surface area contributed by atoms with Crippen LogP contribution in [0.25, 0.3) is 5.69 Å². The predicted molar refractivity (Wildman–Crippen MR) is 98.9 cm³/mol. The average Bonchev–Trinajstić information content (AvgIpc) is 3.08. The molecule has 0 aliphatic heterocycles. The number of rotatable bonds is 8. The summed E-state index contributed by atoms with van der Waals surface area (Å²) < 4.78 is 12.7. The lowest BCUT2D eigenvalue weighted by molar-refractivity contribution is -0.101. The molecule has 3 rings (SSSR count). The molecular weight excluding hydrogens is 334 g/mol. The Morgan fingerprint density at radius 2 is 1.56 bits per heavy atom. The van der Waals surface area contributed by atoms with Gasteiger partial charge in [0.2, 0.25) is 0 Å². The first-order chi connectivity index (χ1) is 12.3. The summed E-state index contributed by atoms with van der Waals surface area (Å²) in [5.74, 6) is 1.65. The van der Waals surface area contributed by atoms with E-state index in [0.717, 1.165) is 22.4 Å². The van der Waals surface area contributed by atoms with Crippen molar-refractivity contribution >= 4 is 11.8 Å². The summed E-state index contributed by atoms with van der Waals surface area (Å²) in [4.78, 5) is 0. The van der Waals surface area contributed by atoms with E-state index < -0.39 is 0 Å². The van der Waals surface area contributed by atoms with Crippen LogP contribution in [-0.4, -0.2) is 35.3 Å². The van der Waals surface area contributed by atoms with Gasteiger partial charge in [0.05, 0.1) is 6.42 Å². The molecule has 3 aromatic rings. The van der Waals surface area contributed by atoms with E-state index in [0.29, 0.717) is 6.42 Å². The van der Waals surface area contributed by atoms with Gasteiger partial charge in [-0.25, -0.2) is 0 Å². The third-order valence-electron chi connectivity index (χ3n) is 3.80. The largest absolute Gasteiger partial charge is 0.355 e. The number of nitrogens with zero attached hydrogens (tertiary/aromatic N) is 3. The van der Waals surface area contributed by atoms with Gasteiger partial charge in [0.15, 0.2) is 11.4 Å². The van der Waals surface area contributed by atoms with Gasteiger partial charge in [0.1, 0.15) is 5.82 Å². The van der Waals surface area contributed by atoms with E-state index in [1.54, 1.807) is 26.0 Å². The molecule has 6 heteroatoms. The second-order valence-electron chi connectivity index (χ2n) is 5.45. The van der Waals surface area contributed by atoms with Crippen LogP contribution in [0.2, 0.25) is 0 Å². The molecule has 1 aromatic heterocycles. The molecule has 0 spiro atoms. The third kappa shape index (κ3) is 4.48. The zero-order valence-corrected chi connectivity index (χ0v) is 15.1. The van der Waals surface area contributed by atoms with Gasteiger partial charge in [0.25, 0.3) is 0 Å². The quantitative estimate of drug-likeness (QED) is 0.455. The third-order valence-corrected chi connectivity index (χ3v) is 4.80. The minimum absolute atomic E-state index is 0.348. The monoisotopic (exact) mass is 355 g/mol. The van der Waals surface area contributed by atoms with Crippen molar-refractivity contribution in [3.8, 4) is 5.69 Å². The highest BCUT2D eigenvalue weighted by Crippen LogP contribution is 2.25. The lowest BCUT2D eigenvalue weighted by Crippen LogP contribution is -2.19. The summed E-state index contributed by atoms with van der Waals surface area (Å²) in [5.41, 5.74) is 2.28. The Morgan fingerprint density at radius 1 is 0.920 bits per heavy atom. The number of aromatic nitrogens is 3. The van der Waals surface area contributed by atoms with Crippen molar-refractivity contribution in [3.63, 3.8) is 0 Å². The number of hydrogen-bond acceptors (Lipinski definition) is 5. The fraction of sp³-hybridized carbons (Fsp3) is 0.263. The van der Waals surface area contributed by atoms with Crippen LogP contribution in [-0.2, 0) is 21.6 Å². The Morgan fingerprint density at radius 3 is 2.20 bits per heavy atom. The average molecular weight is 355 g/mol. The van der Waals surface area contributed by atoms with Crippen molar-refractivity contribution in [2.45, 2.75) is 23.6 Å². The summed E-state index contributed by atoms with van der Waals surface area (Å²) in [6.07, 6.45) is 0.180. The van der Waals surface area contributed by atoms with Crippen LogP contribution in [0.5, 0.6) is 0 Å². The molecule has 0 atom stereocenters. The highest BCUT2D eigenvalue weighted by molar-refractivity contribution is 7.98. The zero-order chi connectivity index (χ0) is 17.5. The van der Waals surface area contributed by atoms with E-state index in [1.165, 1.54) is 5.56 Å². The molecule has 0 bridgehead atoms. The molecule has 0 unspecified atom stereocenters. The van der Waals surface area contributed by atoms with Crippen molar-refractivity contribution in [2.24, 2.45) is 0 Å². The summed E-state index contributed by atoms with van der Waals surface area (Å²) >= 11 is 1.67. The van der Waals surface area contributed by atoms with E-state index in [1.807, 2.05) is 48.5 Å². The number of methoxy groups -OCH3 is 2. The molecule has 0 saturated heterocycles. The van der Waals surface area contributed by atoms with Crippen LogP contribution >= 0.6 is 11.8 Å². The molecule has 130 valence electrons. The maximum atomic E-state index is 5.32. The Kier molecular flexibility index (Phi) is 6.22. The second-order valence-corrected chi connectivity index (χ2v) is 6.39. The van der Waals surface area contributed by atoms with E-state index in [4.69, 9.17) is 9.47 Å². The molecule has 0 fully saturated rings. The highest BCUT2D eigenvalue weighted by Gasteiger charge is 2.18. The van der Waals surface area contributed by atoms with Gasteiger partial charge in [-0.1, -0.05) is 60.3 Å². The summed E-state index contributed by atoms with van der Waals surface area (Å²) in [6.45, 7) is 0. The molecule has 5 nitrogen and oxygen atoms in total. The van der Waals surface area contributed by atoms with E-state index >= 15 is 0 Å². The smallest absolute Gasteiger partial charge is 0.196 e. The van der Waals surface area contributed by atoms with Crippen molar-refractivity contribution in [3.05, 3.63) is 72.1 Å². The molecule has 0 amide bonds. The summed E-state index contributed by atoms with van der Waals surface area (Å²) in [6, 6.07) is 20.5. The predicted octanol–water partition coefficient (Wildman–Crippen LogP) is 3.72. The van der Waals surface area contributed by atoms with Crippen LogP contribution in [0.15, 0.2) is 65.8 Å². The minimum Gasteiger partial charge on any atom is -0.355 e. The number of benzene rings is 2. The first kappa shape index (κ1) is 17.7. The van der Waals surface area contributed by atoms with E-state index in [2.05, 4.69) is 26.9 Å². The molecule has 25 heavy (non-hydrogen) atoms. The van der Waals surface area contributed by atoms with Crippen molar-refractivity contribution in [2.75, 3.05) is 14.2 Å². The van der Waals surface area contributed by atoms with Gasteiger partial charge in [-0.2, -0.15) is 0 Å². The van der Waals surface area contributed by atoms with Gasteiger partial charge < -0.3 is 9.47 Å². The van der Waals surface area contributed by atoms with Gasteiger partial charge >= 0.3 is 0 Å². The maximum Gasteiger partial charge on any atom is 0.196 e. The second kappa shape index (κ2) is 8.80. The number of thioether (sulfide) groups is 1. The van der Waals surface area contributed by atoms with E-state index in [9.17, 15) is 0 Å². The number of para-hydroxylation sites is 1. The Labute approximate surface area is 152 Å². The summed E-state index contributed by atoms with van der Waals surface area (Å²) in [7, 11) is 3.25. The number of ether oxygens (including phenoxy) is 2. The zero-order valence-electron chi connectivity index (χ0n) is 14.3. The number of hydrogen-bond donors (Lipinski definition) is 0. The van der Waals surface area contributed by atoms with E-state index in [-0.39, 0.29) is 6.29 Å². The molecule has 1 heterocycles. The first-order valence-electron chi connectivity index (χ1n) is 8.04. The lowest BCUT2D eigenvalue weighted by Gasteiger charge is -2.14. The normalized spacial score (nSPS) is 11.2. The fourth-order valence-corrected chi connectivity index (χ4v) is 3.42. The summed E-state index contributed by atoms with van der Waals surface area (Å²) in [5, 5.41) is 9.62. The van der Waals surface area contributed by atoms with Crippen molar-refractivity contribution < 1.29 is 9.47 Å². The fourth-order valence-electron chi connectivity index (χ4n) is 2.50. The van der Waals surface area contributed by atoms with Gasteiger partial charge in [-0.15, -0.1) is 10.2 Å². The standard InChI is InChI=1S/C19H21N3O2S/c1-23-18(24-2)13-17-20-21-19(22(17)16-11-7-4-8-12-16)25-14-15-9-5-3-6-10-15/h3-12,18H,13-14H2,1-2H3. The van der Waals surface area contributed by atoms with Crippen LogP contribution in [0.4, 0.5) is 0 Å². The topological polar surface area (TPSA) is 49.2 Å². The Balaban J connectivity index is 1.88. The van der Waals surface area contributed by atoms with Gasteiger partial charge in [-0.3, -0.25) is 4.57 Å². The van der Waals surface area contributed by atoms with Gasteiger partial charge in [-0.05, 0) is 17.7 Å². The SMILES string of the molecule is COC(Cc1nnc(SCc2ccccc2)n1-c1ccccc1)OC. The molecule has 0 N–H and O–H groups in total. The van der Waals surface area contributed by atoms with Crippen LogP contribution in [0.3, 0.4) is 0 Å². The molecule has 0 aliphatic carbocycles. The molecular formula is C19H21N3O2S.